The van der Waals surface area contributed by atoms with E-state index in [9.17, 15) is 8.42 Å². The largest absolute Gasteiger partial charge is 0.381 e. The van der Waals surface area contributed by atoms with E-state index >= 15 is 0 Å². The summed E-state index contributed by atoms with van der Waals surface area (Å²) in [7, 11) is -3.52. The van der Waals surface area contributed by atoms with Crippen LogP contribution in [-0.2, 0) is 14.8 Å². The summed E-state index contributed by atoms with van der Waals surface area (Å²) in [6.45, 7) is 5.25. The Morgan fingerprint density at radius 1 is 1.30 bits per heavy atom. The molecule has 20 heavy (non-hydrogen) atoms. The fourth-order valence-electron chi connectivity index (χ4n) is 2.75. The van der Waals surface area contributed by atoms with Crippen LogP contribution >= 0.6 is 0 Å². The summed E-state index contributed by atoms with van der Waals surface area (Å²) in [4.78, 5) is 0.239. The van der Waals surface area contributed by atoms with Gasteiger partial charge in [-0.25, -0.2) is 8.42 Å². The highest BCUT2D eigenvalue weighted by molar-refractivity contribution is 7.89. The Kier molecular flexibility index (Phi) is 3.60. The van der Waals surface area contributed by atoms with Gasteiger partial charge in [-0.3, -0.25) is 0 Å². The van der Waals surface area contributed by atoms with Crippen molar-refractivity contribution in [3.05, 3.63) is 11.5 Å². The molecule has 1 saturated heterocycles. The van der Waals surface area contributed by atoms with Gasteiger partial charge in [0, 0.05) is 19.2 Å². The maximum absolute atomic E-state index is 12.9. The molecule has 1 aliphatic carbocycles. The quantitative estimate of drug-likeness (QED) is 0.823. The molecular weight excluding hydrogens is 280 g/mol. The third-order valence-electron chi connectivity index (χ3n) is 3.95. The molecule has 0 aromatic carbocycles. The summed E-state index contributed by atoms with van der Waals surface area (Å²) in [5.41, 5.74) is 0.441. The summed E-state index contributed by atoms with van der Waals surface area (Å²) in [6.07, 6.45) is 2.81. The smallest absolute Gasteiger partial charge is 0.248 e. The Balaban J connectivity index is 1.89. The fraction of sp³-hybridized carbons (Fsp3) is 0.769. The molecule has 6 nitrogen and oxygen atoms in total. The molecule has 0 spiro atoms. The van der Waals surface area contributed by atoms with Gasteiger partial charge in [-0.2, -0.15) is 4.31 Å². The first-order chi connectivity index (χ1) is 9.50. The van der Waals surface area contributed by atoms with Crippen LogP contribution in [0.4, 0.5) is 0 Å². The van der Waals surface area contributed by atoms with E-state index in [0.29, 0.717) is 30.5 Å². The Labute approximate surface area is 119 Å². The molecule has 0 amide bonds. The second kappa shape index (κ2) is 5.13. The van der Waals surface area contributed by atoms with Crippen LogP contribution in [0.1, 0.15) is 30.7 Å². The summed E-state index contributed by atoms with van der Waals surface area (Å²) < 4.78 is 37.8. The summed E-state index contributed by atoms with van der Waals surface area (Å²) in [5, 5.41) is 3.77. The Hall–Kier alpha value is -0.920. The van der Waals surface area contributed by atoms with Crippen molar-refractivity contribution in [3.63, 3.8) is 0 Å². The van der Waals surface area contributed by atoms with Crippen LogP contribution in [0.2, 0.25) is 0 Å². The molecule has 1 saturated carbocycles. The van der Waals surface area contributed by atoms with Crippen LogP contribution in [-0.4, -0.2) is 43.7 Å². The highest BCUT2D eigenvalue weighted by Gasteiger charge is 2.42. The Morgan fingerprint density at radius 2 is 2.05 bits per heavy atom. The van der Waals surface area contributed by atoms with Gasteiger partial charge in [0.25, 0.3) is 0 Å². The van der Waals surface area contributed by atoms with Gasteiger partial charge in [0.2, 0.25) is 10.0 Å². The van der Waals surface area contributed by atoms with Crippen molar-refractivity contribution in [2.75, 3.05) is 19.8 Å². The SMILES string of the molecule is Cc1noc(C)c1S(=O)(=O)N(C[C@H]1CCOC1)C1CC1. The molecule has 0 unspecified atom stereocenters. The van der Waals surface area contributed by atoms with Crippen LogP contribution in [0.5, 0.6) is 0 Å². The van der Waals surface area contributed by atoms with E-state index in [2.05, 4.69) is 5.16 Å². The number of ether oxygens (including phenoxy) is 1. The van der Waals surface area contributed by atoms with E-state index in [0.717, 1.165) is 25.9 Å². The van der Waals surface area contributed by atoms with Gasteiger partial charge in [-0.1, -0.05) is 5.16 Å². The second-order valence-electron chi connectivity index (χ2n) is 5.69. The Morgan fingerprint density at radius 3 is 2.55 bits per heavy atom. The number of rotatable bonds is 5. The first-order valence-electron chi connectivity index (χ1n) is 7.02. The van der Waals surface area contributed by atoms with Gasteiger partial charge in [0.1, 0.15) is 10.6 Å². The van der Waals surface area contributed by atoms with Crippen molar-refractivity contribution in [1.29, 1.82) is 0 Å². The number of hydrogen-bond acceptors (Lipinski definition) is 5. The molecule has 3 rings (SSSR count). The minimum absolute atomic E-state index is 0.134. The lowest BCUT2D eigenvalue weighted by molar-refractivity contribution is 0.180. The minimum Gasteiger partial charge on any atom is -0.381 e. The van der Waals surface area contributed by atoms with Crippen molar-refractivity contribution in [3.8, 4) is 0 Å². The van der Waals surface area contributed by atoms with Crippen LogP contribution in [0.3, 0.4) is 0 Å². The van der Waals surface area contributed by atoms with Crippen molar-refractivity contribution in [2.45, 2.75) is 44.0 Å². The van der Waals surface area contributed by atoms with Crippen molar-refractivity contribution in [1.82, 2.24) is 9.46 Å². The first kappa shape index (κ1) is 14.0. The van der Waals surface area contributed by atoms with Gasteiger partial charge in [-0.15, -0.1) is 0 Å². The minimum atomic E-state index is -3.52. The molecule has 2 heterocycles. The van der Waals surface area contributed by atoms with E-state index in [1.807, 2.05) is 0 Å². The van der Waals surface area contributed by atoms with Crippen LogP contribution < -0.4 is 0 Å². The molecule has 2 fully saturated rings. The zero-order valence-corrected chi connectivity index (χ0v) is 12.6. The highest BCUT2D eigenvalue weighted by Crippen LogP contribution is 2.35. The predicted molar refractivity (Wildman–Crippen MR) is 71.8 cm³/mol. The molecular formula is C13H20N2O4S. The van der Waals surface area contributed by atoms with Gasteiger partial charge < -0.3 is 9.26 Å². The van der Waals surface area contributed by atoms with E-state index in [-0.39, 0.29) is 10.9 Å². The topological polar surface area (TPSA) is 72.6 Å². The average Bonchev–Trinajstić information content (AvgIpc) is 2.97. The number of nitrogens with zero attached hydrogens (tertiary/aromatic N) is 2. The van der Waals surface area contributed by atoms with Crippen molar-refractivity contribution in [2.24, 2.45) is 5.92 Å². The average molecular weight is 300 g/mol. The zero-order valence-electron chi connectivity index (χ0n) is 11.8. The van der Waals surface area contributed by atoms with Crippen LogP contribution in [0.25, 0.3) is 0 Å². The Bertz CT molecular complexity index is 566. The molecule has 1 aromatic rings. The predicted octanol–water partition coefficient (Wildman–Crippen LogP) is 1.48. The monoisotopic (exact) mass is 300 g/mol. The maximum Gasteiger partial charge on any atom is 0.248 e. The van der Waals surface area contributed by atoms with E-state index < -0.39 is 10.0 Å². The maximum atomic E-state index is 12.9. The number of hydrogen-bond donors (Lipinski definition) is 0. The van der Waals surface area contributed by atoms with E-state index in [1.54, 1.807) is 18.2 Å². The lowest BCUT2D eigenvalue weighted by atomic mass is 10.1. The molecule has 112 valence electrons. The lowest BCUT2D eigenvalue weighted by Gasteiger charge is -2.24. The second-order valence-corrected chi connectivity index (χ2v) is 7.52. The third-order valence-corrected chi connectivity index (χ3v) is 6.11. The number of aryl methyl sites for hydroxylation is 2. The summed E-state index contributed by atoms with van der Waals surface area (Å²) >= 11 is 0. The molecule has 1 aliphatic heterocycles. The molecule has 7 heteroatoms. The number of sulfonamides is 1. The molecule has 2 aliphatic rings. The van der Waals surface area contributed by atoms with Crippen molar-refractivity contribution < 1.29 is 17.7 Å². The molecule has 0 radical (unpaired) electrons. The first-order valence-corrected chi connectivity index (χ1v) is 8.46. The van der Waals surface area contributed by atoms with Gasteiger partial charge in [-0.05, 0) is 39.0 Å². The third kappa shape index (κ3) is 2.49. The summed E-state index contributed by atoms with van der Waals surface area (Å²) in [6, 6.07) is 0.134. The highest BCUT2D eigenvalue weighted by atomic mass is 32.2. The van der Waals surface area contributed by atoms with E-state index in [4.69, 9.17) is 9.26 Å². The molecule has 0 N–H and O–H groups in total. The van der Waals surface area contributed by atoms with Gasteiger partial charge in [0.15, 0.2) is 5.76 Å². The zero-order chi connectivity index (χ0) is 14.3. The molecule has 1 atom stereocenters. The molecule has 0 bridgehead atoms. The lowest BCUT2D eigenvalue weighted by Crippen LogP contribution is -2.37. The summed E-state index contributed by atoms with van der Waals surface area (Å²) in [5.74, 6) is 0.668. The fourth-order valence-corrected chi connectivity index (χ4v) is 4.80. The van der Waals surface area contributed by atoms with Gasteiger partial charge in [0.05, 0.1) is 6.61 Å². The normalized spacial score (nSPS) is 23.6. The number of aromatic nitrogens is 1. The molecule has 1 aromatic heterocycles. The van der Waals surface area contributed by atoms with Crippen LogP contribution in [0, 0.1) is 19.8 Å². The van der Waals surface area contributed by atoms with E-state index in [1.165, 1.54) is 0 Å². The van der Waals surface area contributed by atoms with Crippen LogP contribution in [0.15, 0.2) is 9.42 Å². The van der Waals surface area contributed by atoms with Crippen molar-refractivity contribution >= 4 is 10.0 Å². The van der Waals surface area contributed by atoms with Gasteiger partial charge >= 0.3 is 0 Å². The standard InChI is InChI=1S/C13H20N2O4S/c1-9-13(10(2)19-14-9)20(16,17)15(12-3-4-12)7-11-5-6-18-8-11/h11-12H,3-8H2,1-2H3/t11-/m1/s1.